The number of carbonyl (C=O) groups is 3. The smallest absolute Gasteiger partial charge is 0.306 e. The largest absolute Gasteiger partial charge is 0.508 e. The minimum Gasteiger partial charge on any atom is -0.508 e. The highest BCUT2D eigenvalue weighted by atomic mass is 35.5. The van der Waals surface area contributed by atoms with Crippen LogP contribution in [0.25, 0.3) is 0 Å². The zero-order chi connectivity index (χ0) is 63.1. The van der Waals surface area contributed by atoms with Crippen molar-refractivity contribution < 1.29 is 48.7 Å². The van der Waals surface area contributed by atoms with Gasteiger partial charge in [-0.25, -0.2) is 0 Å². The Balaban J connectivity index is 0.000000148. The van der Waals surface area contributed by atoms with Gasteiger partial charge in [0.05, 0.1) is 38.6 Å². The van der Waals surface area contributed by atoms with Gasteiger partial charge in [-0.05, 0) is 232 Å². The topological polar surface area (TPSA) is 149 Å². The van der Waals surface area contributed by atoms with Crippen molar-refractivity contribution in [1.82, 2.24) is 0 Å². The zero-order valence-electron chi connectivity index (χ0n) is 50.4. The summed E-state index contributed by atoms with van der Waals surface area (Å²) < 4.78 is 22.8. The average molecular weight is 1310 g/mol. The SMILES string of the molecule is CCOC(=O)CC(c1ccc(O)cc1)c1ccc(C)s1.CCOC(=O)CC(c1ccc(OC2CCc3cc(Cl)ccc32)cc1)c1ccc(C)s1.Cc1ccc(C(CC(=O)O)c2ccc(OC3CCc4cc(Cl)ccc43)cc2)s1.OC1CCc2cc(Cl)ccc21. The zero-order valence-corrected chi connectivity index (χ0v) is 55.1. The van der Waals surface area contributed by atoms with Gasteiger partial charge in [-0.3, -0.25) is 14.4 Å². The van der Waals surface area contributed by atoms with Crippen LogP contribution in [0, 0.1) is 20.8 Å². The van der Waals surface area contributed by atoms with Gasteiger partial charge in [0.1, 0.15) is 29.5 Å². The van der Waals surface area contributed by atoms with Crippen molar-refractivity contribution in [1.29, 1.82) is 0 Å². The number of hydrogen-bond acceptors (Lipinski definition) is 12. The maximum Gasteiger partial charge on any atom is 0.306 e. The Morgan fingerprint density at radius 3 is 1.18 bits per heavy atom. The van der Waals surface area contributed by atoms with Crippen LogP contribution in [0.15, 0.2) is 164 Å². The molecule has 89 heavy (non-hydrogen) atoms. The summed E-state index contributed by atoms with van der Waals surface area (Å²) in [6.07, 6.45) is 6.21. The van der Waals surface area contributed by atoms with Crippen LogP contribution in [0.2, 0.25) is 15.1 Å². The van der Waals surface area contributed by atoms with Crippen molar-refractivity contribution in [3.8, 4) is 17.2 Å². The number of aryl methyl sites for hydroxylation is 6. The predicted octanol–water partition coefficient (Wildman–Crippen LogP) is 19.4. The molecule has 0 radical (unpaired) electrons. The van der Waals surface area contributed by atoms with E-state index >= 15 is 0 Å². The van der Waals surface area contributed by atoms with E-state index in [0.717, 1.165) is 97.1 Å². The molecule has 12 rings (SSSR count). The molecule has 0 saturated heterocycles. The molecule has 9 aromatic rings. The van der Waals surface area contributed by atoms with Gasteiger partial charge in [0.2, 0.25) is 0 Å². The van der Waals surface area contributed by atoms with Crippen LogP contribution in [0.1, 0.15) is 168 Å². The molecule has 0 spiro atoms. The van der Waals surface area contributed by atoms with Crippen LogP contribution in [0.4, 0.5) is 0 Å². The highest BCUT2D eigenvalue weighted by Crippen LogP contribution is 2.41. The van der Waals surface area contributed by atoms with E-state index in [4.69, 9.17) is 53.8 Å². The lowest BCUT2D eigenvalue weighted by Gasteiger charge is -2.18. The molecule has 6 aromatic carbocycles. The van der Waals surface area contributed by atoms with Crippen molar-refractivity contribution in [2.45, 2.75) is 128 Å². The standard InChI is InChI=1S/C25H25ClO3S.C23H21ClO3S.C16H18O3S.C9H9ClO/c1-3-28-25(27)15-22(24-13-4-16(2)30-24)17-5-9-20(10-6-17)29-23-12-7-18-14-19(26)8-11-21(18)23;1-14-2-11-22(28-14)20(13-23(25)26)15-3-7-18(8-4-15)27-21-10-5-16-12-17(24)6-9-19(16)21;1-3-19-16(18)10-14(15-9-4-11(2)20-15)12-5-7-13(17)8-6-12;10-7-2-3-8-6(5-7)1-4-9(8)11/h4-6,8-11,13-14,22-23H,3,7,12,15H2,1-2H3;2-4,6-9,11-12,20-21H,5,10,13H2,1H3,(H,25,26);4-9,14,17H,3,10H2,1-2H3;2-3,5,9,11H,1,4H2. The molecular weight excluding hydrogens is 1240 g/mol. The van der Waals surface area contributed by atoms with Gasteiger partial charge in [0, 0.05) is 62.1 Å². The van der Waals surface area contributed by atoms with E-state index in [1.54, 1.807) is 46.1 Å². The Morgan fingerprint density at radius 2 is 0.820 bits per heavy atom. The molecule has 0 fully saturated rings. The first-order valence-corrected chi connectivity index (χ1v) is 33.6. The van der Waals surface area contributed by atoms with Crippen LogP contribution >= 0.6 is 68.8 Å². The number of phenolic OH excluding ortho intramolecular Hbond substituents is 1. The fourth-order valence-corrected chi connectivity index (χ4v) is 15.1. The highest BCUT2D eigenvalue weighted by molar-refractivity contribution is 7.12. The molecule has 10 nitrogen and oxygen atoms in total. The molecular formula is C73H73Cl3O10S3. The minimum absolute atomic E-state index is 0.00820. The van der Waals surface area contributed by atoms with Gasteiger partial charge < -0.3 is 34.3 Å². The number of thiophene rings is 3. The lowest BCUT2D eigenvalue weighted by atomic mass is 9.94. The summed E-state index contributed by atoms with van der Waals surface area (Å²) in [5.74, 6) is 0.534. The van der Waals surface area contributed by atoms with Gasteiger partial charge in [-0.15, -0.1) is 34.0 Å². The monoisotopic (exact) mass is 1310 g/mol. The second kappa shape index (κ2) is 31.7. The van der Waals surface area contributed by atoms with Crippen LogP contribution in [0.5, 0.6) is 17.2 Å². The van der Waals surface area contributed by atoms with E-state index in [0.29, 0.717) is 26.1 Å². The molecule has 3 aliphatic rings. The second-order valence-electron chi connectivity index (χ2n) is 22.2. The fourth-order valence-electron chi connectivity index (χ4n) is 11.5. The number of rotatable bonds is 18. The number of aliphatic hydroxyl groups is 1. The Labute approximate surface area is 548 Å². The van der Waals surface area contributed by atoms with E-state index < -0.39 is 5.97 Å². The first kappa shape index (κ1) is 66.5. The number of aromatic hydroxyl groups is 1. The first-order valence-electron chi connectivity index (χ1n) is 30.0. The molecule has 6 atom stereocenters. The van der Waals surface area contributed by atoms with Gasteiger partial charge in [0.15, 0.2) is 0 Å². The molecule has 3 heterocycles. The number of esters is 2. The molecule has 3 aromatic heterocycles. The summed E-state index contributed by atoms with van der Waals surface area (Å²) >= 11 is 23.0. The summed E-state index contributed by atoms with van der Waals surface area (Å²) in [7, 11) is 0. The van der Waals surface area contributed by atoms with E-state index in [2.05, 4.69) is 49.4 Å². The van der Waals surface area contributed by atoms with Gasteiger partial charge in [-0.2, -0.15) is 0 Å². The lowest BCUT2D eigenvalue weighted by Crippen LogP contribution is -2.11. The van der Waals surface area contributed by atoms with Crippen LogP contribution < -0.4 is 9.47 Å². The fraction of sp³-hybridized carbons (Fsp3) is 0.301. The molecule has 3 N–H and O–H groups in total. The average Bonchev–Trinajstić information content (AvgIpc) is 4.62. The maximum atomic E-state index is 12.2. The normalized spacial score (nSPS) is 16.1. The Morgan fingerprint density at radius 1 is 0.472 bits per heavy atom. The predicted molar refractivity (Wildman–Crippen MR) is 359 cm³/mol. The highest BCUT2D eigenvalue weighted by Gasteiger charge is 2.28. The third-order valence-corrected chi connectivity index (χ3v) is 19.9. The minimum atomic E-state index is -0.794. The van der Waals surface area contributed by atoms with E-state index in [1.165, 1.54) is 47.3 Å². The van der Waals surface area contributed by atoms with Crippen molar-refractivity contribution >= 4 is 86.7 Å². The van der Waals surface area contributed by atoms with Gasteiger partial charge >= 0.3 is 17.9 Å². The molecule has 0 amide bonds. The third-order valence-electron chi connectivity index (χ3n) is 15.9. The summed E-state index contributed by atoms with van der Waals surface area (Å²) in [4.78, 5) is 42.4. The Kier molecular flexibility index (Phi) is 23.7. The Bertz CT molecular complexity index is 3820. The summed E-state index contributed by atoms with van der Waals surface area (Å²) in [5, 5.41) is 30.5. The lowest BCUT2D eigenvalue weighted by molar-refractivity contribution is -0.144. The van der Waals surface area contributed by atoms with Crippen molar-refractivity contribution in [2.24, 2.45) is 0 Å². The van der Waals surface area contributed by atoms with Gasteiger partial charge in [0.25, 0.3) is 0 Å². The summed E-state index contributed by atoms with van der Waals surface area (Å²) in [6.45, 7) is 10.6. The number of aliphatic hydroxyl groups excluding tert-OH is 1. The van der Waals surface area contributed by atoms with Crippen LogP contribution in [-0.4, -0.2) is 46.4 Å². The molecule has 0 bridgehead atoms. The Hall–Kier alpha value is -6.94. The molecule has 3 aliphatic carbocycles. The number of carboxylic acids is 1. The van der Waals surface area contributed by atoms with Crippen LogP contribution in [0.3, 0.4) is 0 Å². The number of aliphatic carboxylic acids is 1. The number of benzene rings is 6. The number of hydrogen-bond donors (Lipinski definition) is 3. The van der Waals surface area contributed by atoms with E-state index in [-0.39, 0.29) is 60.2 Å². The van der Waals surface area contributed by atoms with Crippen molar-refractivity contribution in [3.05, 3.63) is 258 Å². The summed E-state index contributed by atoms with van der Waals surface area (Å²) in [5.41, 5.74) is 10.3. The number of ether oxygens (including phenoxy) is 4. The second-order valence-corrected chi connectivity index (χ2v) is 27.5. The summed E-state index contributed by atoms with van der Waals surface area (Å²) in [6, 6.07) is 53.0. The molecule has 0 saturated carbocycles. The van der Waals surface area contributed by atoms with E-state index in [9.17, 15) is 29.7 Å². The number of fused-ring (bicyclic) bond motifs is 3. The quantitative estimate of drug-likeness (QED) is 0.0709. The number of carboxylic acid groups (broad SMARTS) is 1. The van der Waals surface area contributed by atoms with E-state index in [1.807, 2.05) is 137 Å². The molecule has 16 heteroatoms. The first-order chi connectivity index (χ1) is 42.9. The number of phenols is 1. The third kappa shape index (κ3) is 18.4. The number of halogens is 3. The maximum absolute atomic E-state index is 12.2. The van der Waals surface area contributed by atoms with Gasteiger partial charge in [-0.1, -0.05) is 89.4 Å². The molecule has 6 unspecified atom stereocenters. The van der Waals surface area contributed by atoms with Crippen molar-refractivity contribution in [2.75, 3.05) is 13.2 Å². The number of carbonyl (C=O) groups excluding carboxylic acids is 2. The molecule has 0 aliphatic heterocycles. The van der Waals surface area contributed by atoms with Crippen molar-refractivity contribution in [3.63, 3.8) is 0 Å². The van der Waals surface area contributed by atoms with Crippen LogP contribution in [-0.2, 0) is 43.1 Å². The molecule has 464 valence electrons.